The van der Waals surface area contributed by atoms with E-state index in [1.165, 1.54) is 0 Å². The first-order valence-corrected chi connectivity index (χ1v) is 7.72. The Morgan fingerprint density at radius 1 is 1.04 bits per heavy atom. The molecule has 1 unspecified atom stereocenters. The maximum absolute atomic E-state index is 12.0. The molecule has 2 N–H and O–H groups in total. The van der Waals surface area contributed by atoms with Gasteiger partial charge in [0.05, 0.1) is 7.11 Å². The fourth-order valence-electron chi connectivity index (χ4n) is 2.90. The summed E-state index contributed by atoms with van der Waals surface area (Å²) in [4.78, 5) is 12.0. The predicted octanol–water partition coefficient (Wildman–Crippen LogP) is 4.39. The lowest BCUT2D eigenvalue weighted by Crippen LogP contribution is -2.22. The number of anilines is 1. The lowest BCUT2D eigenvalue weighted by molar-refractivity contribution is -0.138. The van der Waals surface area contributed by atoms with Gasteiger partial charge in [0.1, 0.15) is 5.75 Å². The minimum absolute atomic E-state index is 0.558. The number of carboxylic acid groups (broad SMARTS) is 1. The molecule has 1 atom stereocenters. The molecule has 0 radical (unpaired) electrons. The number of ether oxygens (including phenoxy) is 1. The van der Waals surface area contributed by atoms with Crippen molar-refractivity contribution in [1.82, 2.24) is 0 Å². The molecule has 3 aromatic carbocycles. The van der Waals surface area contributed by atoms with Crippen molar-refractivity contribution >= 4 is 22.4 Å². The van der Waals surface area contributed by atoms with Crippen LogP contribution in [0.4, 0.5) is 5.69 Å². The van der Waals surface area contributed by atoms with Gasteiger partial charge in [-0.05, 0) is 35.4 Å². The van der Waals surface area contributed by atoms with Gasteiger partial charge >= 0.3 is 5.97 Å². The number of carboxylic acids is 1. The van der Waals surface area contributed by atoms with Gasteiger partial charge in [-0.15, -0.1) is 0 Å². The van der Waals surface area contributed by atoms with Crippen LogP contribution < -0.4 is 10.1 Å². The molecule has 3 aromatic rings. The molecule has 4 nitrogen and oxygen atoms in total. The van der Waals surface area contributed by atoms with Gasteiger partial charge in [-0.1, -0.05) is 48.5 Å². The highest BCUT2D eigenvalue weighted by Crippen LogP contribution is 2.35. The summed E-state index contributed by atoms with van der Waals surface area (Å²) in [7, 11) is 1.56. The Morgan fingerprint density at radius 2 is 1.75 bits per heavy atom. The van der Waals surface area contributed by atoms with Crippen LogP contribution in [0.15, 0.2) is 60.7 Å². The van der Waals surface area contributed by atoms with Crippen LogP contribution in [0.5, 0.6) is 5.75 Å². The van der Waals surface area contributed by atoms with E-state index in [4.69, 9.17) is 4.74 Å². The Labute approximate surface area is 140 Å². The van der Waals surface area contributed by atoms with E-state index in [1.807, 2.05) is 67.6 Å². The third-order valence-electron chi connectivity index (χ3n) is 4.13. The Kier molecular flexibility index (Phi) is 4.38. The van der Waals surface area contributed by atoms with E-state index in [9.17, 15) is 9.90 Å². The van der Waals surface area contributed by atoms with Crippen LogP contribution in [0.1, 0.15) is 17.2 Å². The quantitative estimate of drug-likeness (QED) is 0.731. The number of aliphatic carboxylic acids is 1. The first kappa shape index (κ1) is 15.9. The second kappa shape index (κ2) is 6.62. The summed E-state index contributed by atoms with van der Waals surface area (Å²) in [6.07, 6.45) is 0. The van der Waals surface area contributed by atoms with Crippen molar-refractivity contribution in [3.8, 4) is 5.75 Å². The largest absolute Gasteiger partial charge is 0.496 e. The minimum atomic E-state index is -0.951. The van der Waals surface area contributed by atoms with Crippen molar-refractivity contribution in [2.24, 2.45) is 0 Å². The van der Waals surface area contributed by atoms with Crippen molar-refractivity contribution in [1.29, 1.82) is 0 Å². The number of benzene rings is 3. The fraction of sp³-hybridized carbons (Fsp3) is 0.150. The fourth-order valence-corrected chi connectivity index (χ4v) is 2.90. The lowest BCUT2D eigenvalue weighted by Gasteiger charge is -2.21. The topological polar surface area (TPSA) is 58.6 Å². The van der Waals surface area contributed by atoms with E-state index in [1.54, 1.807) is 7.11 Å². The van der Waals surface area contributed by atoms with Crippen LogP contribution in [-0.4, -0.2) is 18.2 Å². The molecule has 0 fully saturated rings. The third-order valence-corrected chi connectivity index (χ3v) is 4.13. The molecule has 0 bridgehead atoms. The van der Waals surface area contributed by atoms with Gasteiger partial charge in [0, 0.05) is 11.3 Å². The van der Waals surface area contributed by atoms with Gasteiger partial charge in [-0.3, -0.25) is 0 Å². The maximum atomic E-state index is 12.0. The zero-order valence-corrected chi connectivity index (χ0v) is 13.6. The number of hydrogen-bond acceptors (Lipinski definition) is 3. The summed E-state index contributed by atoms with van der Waals surface area (Å²) in [6.45, 7) is 1.95. The van der Waals surface area contributed by atoms with E-state index in [2.05, 4.69) is 5.32 Å². The Morgan fingerprint density at radius 3 is 2.46 bits per heavy atom. The van der Waals surface area contributed by atoms with Crippen LogP contribution in [-0.2, 0) is 4.79 Å². The predicted molar refractivity (Wildman–Crippen MR) is 95.7 cm³/mol. The lowest BCUT2D eigenvalue weighted by atomic mass is 9.97. The molecular formula is C20H19NO3. The van der Waals surface area contributed by atoms with Crippen molar-refractivity contribution in [2.75, 3.05) is 12.4 Å². The number of nitrogens with one attached hydrogen (secondary N) is 1. The molecule has 3 rings (SSSR count). The number of methoxy groups -OCH3 is 1. The molecule has 0 aromatic heterocycles. The summed E-state index contributed by atoms with van der Waals surface area (Å²) >= 11 is 0. The Bertz CT molecular complexity index is 889. The normalized spacial score (nSPS) is 11.9. The number of fused-ring (bicyclic) bond motifs is 1. The molecule has 122 valence electrons. The van der Waals surface area contributed by atoms with Gasteiger partial charge in [-0.25, -0.2) is 4.79 Å². The molecule has 0 aliphatic rings. The number of aryl methyl sites for hydroxylation is 1. The van der Waals surface area contributed by atoms with Crippen LogP contribution >= 0.6 is 0 Å². The molecule has 0 spiro atoms. The number of rotatable bonds is 5. The van der Waals surface area contributed by atoms with Crippen LogP contribution in [0.25, 0.3) is 10.8 Å². The summed E-state index contributed by atoms with van der Waals surface area (Å²) in [5.41, 5.74) is 2.41. The first-order chi connectivity index (χ1) is 11.6. The molecule has 24 heavy (non-hydrogen) atoms. The third kappa shape index (κ3) is 2.91. The van der Waals surface area contributed by atoms with Crippen molar-refractivity contribution in [3.05, 3.63) is 71.8 Å². The minimum Gasteiger partial charge on any atom is -0.496 e. The Hall–Kier alpha value is -3.01. The molecular weight excluding hydrogens is 302 g/mol. The van der Waals surface area contributed by atoms with Gasteiger partial charge in [-0.2, -0.15) is 0 Å². The van der Waals surface area contributed by atoms with E-state index >= 15 is 0 Å². The SMILES string of the molecule is COc1ccc2ccccc2c1C(Nc1ccccc1C)C(=O)O. The molecule has 0 saturated carbocycles. The zero-order valence-electron chi connectivity index (χ0n) is 13.6. The second-order valence-electron chi connectivity index (χ2n) is 5.63. The van der Waals surface area contributed by atoms with Gasteiger partial charge < -0.3 is 15.2 Å². The zero-order chi connectivity index (χ0) is 17.1. The summed E-state index contributed by atoms with van der Waals surface area (Å²) in [6, 6.07) is 18.2. The number of para-hydroxylation sites is 1. The molecule has 0 saturated heterocycles. The van der Waals surface area contributed by atoms with E-state index < -0.39 is 12.0 Å². The Balaban J connectivity index is 2.17. The molecule has 0 aliphatic carbocycles. The molecule has 0 heterocycles. The van der Waals surface area contributed by atoms with Gasteiger partial charge in [0.15, 0.2) is 6.04 Å². The van der Waals surface area contributed by atoms with Gasteiger partial charge in [0.2, 0.25) is 0 Å². The van der Waals surface area contributed by atoms with Gasteiger partial charge in [0.25, 0.3) is 0 Å². The van der Waals surface area contributed by atoms with E-state index in [-0.39, 0.29) is 0 Å². The summed E-state index contributed by atoms with van der Waals surface area (Å²) in [5.74, 6) is -0.393. The van der Waals surface area contributed by atoms with E-state index in [0.29, 0.717) is 11.3 Å². The molecule has 0 amide bonds. The maximum Gasteiger partial charge on any atom is 0.330 e. The number of hydrogen-bond donors (Lipinski definition) is 2. The van der Waals surface area contributed by atoms with Crippen LogP contribution in [0.3, 0.4) is 0 Å². The molecule has 0 aliphatic heterocycles. The van der Waals surface area contributed by atoms with Crippen LogP contribution in [0.2, 0.25) is 0 Å². The van der Waals surface area contributed by atoms with Crippen LogP contribution in [0, 0.1) is 6.92 Å². The monoisotopic (exact) mass is 321 g/mol. The summed E-state index contributed by atoms with van der Waals surface area (Å²) < 4.78 is 5.45. The van der Waals surface area contributed by atoms with E-state index in [0.717, 1.165) is 22.0 Å². The summed E-state index contributed by atoms with van der Waals surface area (Å²) in [5, 5.41) is 14.8. The number of carbonyl (C=O) groups is 1. The molecule has 4 heteroatoms. The first-order valence-electron chi connectivity index (χ1n) is 7.72. The highest BCUT2D eigenvalue weighted by Gasteiger charge is 2.26. The standard InChI is InChI=1S/C20H19NO3/c1-13-7-3-6-10-16(13)21-19(20(22)23)18-15-9-5-4-8-14(15)11-12-17(18)24-2/h3-12,19,21H,1-2H3,(H,22,23). The second-order valence-corrected chi connectivity index (χ2v) is 5.63. The average Bonchev–Trinajstić information content (AvgIpc) is 2.60. The highest BCUT2D eigenvalue weighted by molar-refractivity contribution is 5.94. The van der Waals surface area contributed by atoms with Crippen molar-refractivity contribution in [2.45, 2.75) is 13.0 Å². The smallest absolute Gasteiger partial charge is 0.330 e. The van der Waals surface area contributed by atoms with Crippen molar-refractivity contribution in [3.63, 3.8) is 0 Å². The average molecular weight is 321 g/mol. The van der Waals surface area contributed by atoms with Crippen molar-refractivity contribution < 1.29 is 14.6 Å². The highest BCUT2D eigenvalue weighted by atomic mass is 16.5.